The number of nitrogens with two attached hydrogens (primary N) is 1. The van der Waals surface area contributed by atoms with Crippen molar-refractivity contribution in [3.05, 3.63) is 12.2 Å². The number of esters is 2. The van der Waals surface area contributed by atoms with E-state index in [1.807, 2.05) is 0 Å². The largest absolute Gasteiger partial charge is 0.480 e. The number of hydrogen-bond donors (Lipinski definition) is 3. The van der Waals surface area contributed by atoms with Crippen molar-refractivity contribution in [3.8, 4) is 0 Å². The van der Waals surface area contributed by atoms with Gasteiger partial charge in [0.2, 0.25) is 0 Å². The lowest BCUT2D eigenvalue weighted by Gasteiger charge is -2.20. The Balaban J connectivity index is 4.48. The first-order chi connectivity index (χ1) is 23.1. The number of phosphoric acid groups is 1. The zero-order chi connectivity index (χ0) is 35.7. The van der Waals surface area contributed by atoms with Gasteiger partial charge in [-0.05, 0) is 38.5 Å². The summed E-state index contributed by atoms with van der Waals surface area (Å²) in [5, 5.41) is 8.84. The van der Waals surface area contributed by atoms with E-state index in [0.717, 1.165) is 44.9 Å². The van der Waals surface area contributed by atoms with E-state index >= 15 is 0 Å². The van der Waals surface area contributed by atoms with E-state index in [2.05, 4.69) is 30.5 Å². The lowest BCUT2D eigenvalue weighted by Crippen LogP contribution is -2.34. The quantitative estimate of drug-likeness (QED) is 0.0249. The Hall–Kier alpha value is -1.78. The zero-order valence-corrected chi connectivity index (χ0v) is 31.0. The Morgan fingerprint density at radius 2 is 1.04 bits per heavy atom. The summed E-state index contributed by atoms with van der Waals surface area (Å²) in [5.74, 6) is -2.40. The average Bonchev–Trinajstić information content (AvgIpc) is 3.05. The first kappa shape index (κ1) is 46.2. The molecule has 0 aliphatic carbocycles. The summed E-state index contributed by atoms with van der Waals surface area (Å²) in [4.78, 5) is 45.6. The molecule has 0 saturated heterocycles. The van der Waals surface area contributed by atoms with Crippen molar-refractivity contribution in [1.29, 1.82) is 0 Å². The molecule has 0 aromatic heterocycles. The number of carboxylic acid groups (broad SMARTS) is 1. The average molecular weight is 706 g/mol. The van der Waals surface area contributed by atoms with Crippen LogP contribution in [-0.4, -0.2) is 59.9 Å². The summed E-state index contributed by atoms with van der Waals surface area (Å²) >= 11 is 0. The van der Waals surface area contributed by atoms with Gasteiger partial charge in [-0.3, -0.25) is 23.4 Å². The van der Waals surface area contributed by atoms with Gasteiger partial charge in [-0.1, -0.05) is 129 Å². The van der Waals surface area contributed by atoms with Gasteiger partial charge in [0.1, 0.15) is 12.6 Å². The smallest absolute Gasteiger partial charge is 0.472 e. The molecule has 48 heavy (non-hydrogen) atoms. The van der Waals surface area contributed by atoms with Crippen molar-refractivity contribution in [2.24, 2.45) is 5.73 Å². The molecule has 0 aliphatic rings. The molecule has 0 fully saturated rings. The second-order valence-corrected chi connectivity index (χ2v) is 14.2. The molecule has 4 N–H and O–H groups in total. The van der Waals surface area contributed by atoms with E-state index in [0.29, 0.717) is 12.8 Å². The van der Waals surface area contributed by atoms with E-state index in [9.17, 15) is 23.8 Å². The van der Waals surface area contributed by atoms with Gasteiger partial charge < -0.3 is 25.2 Å². The number of ether oxygens (including phenoxy) is 2. The Morgan fingerprint density at radius 3 is 1.54 bits per heavy atom. The Labute approximate surface area is 290 Å². The van der Waals surface area contributed by atoms with Crippen molar-refractivity contribution in [2.75, 3.05) is 19.8 Å². The van der Waals surface area contributed by atoms with Crippen LogP contribution in [0.15, 0.2) is 12.2 Å². The molecule has 0 radical (unpaired) electrons. The highest BCUT2D eigenvalue weighted by molar-refractivity contribution is 7.47. The van der Waals surface area contributed by atoms with E-state index < -0.39 is 51.1 Å². The van der Waals surface area contributed by atoms with Crippen LogP contribution in [-0.2, 0) is 37.5 Å². The number of allylic oxidation sites excluding steroid dienone is 2. The first-order valence-corrected chi connectivity index (χ1v) is 20.2. The number of phosphoric ester groups is 1. The molecule has 0 heterocycles. The zero-order valence-electron chi connectivity index (χ0n) is 30.1. The van der Waals surface area contributed by atoms with Crippen molar-refractivity contribution in [1.82, 2.24) is 0 Å². The fraction of sp³-hybridized carbons (Fsp3) is 0.861. The van der Waals surface area contributed by atoms with Crippen LogP contribution in [0.2, 0.25) is 0 Å². The molecule has 0 spiro atoms. The molecule has 0 aromatic rings. The number of rotatable bonds is 35. The number of carbonyl (C=O) groups is 3. The Bertz CT molecular complexity index is 885. The van der Waals surface area contributed by atoms with Crippen LogP contribution in [0.25, 0.3) is 0 Å². The molecule has 1 unspecified atom stereocenters. The third kappa shape index (κ3) is 31.5. The summed E-state index contributed by atoms with van der Waals surface area (Å²) < 4.78 is 32.5. The molecular weight excluding hydrogens is 637 g/mol. The second kappa shape index (κ2) is 32.4. The van der Waals surface area contributed by atoms with Crippen LogP contribution in [0.3, 0.4) is 0 Å². The summed E-state index contributed by atoms with van der Waals surface area (Å²) in [5.41, 5.74) is 5.31. The van der Waals surface area contributed by atoms with Crippen LogP contribution in [0.4, 0.5) is 0 Å². The minimum absolute atomic E-state index is 0.144. The van der Waals surface area contributed by atoms with Crippen molar-refractivity contribution < 1.29 is 47.5 Å². The summed E-state index contributed by atoms with van der Waals surface area (Å²) in [7, 11) is -4.70. The maximum atomic E-state index is 12.5. The van der Waals surface area contributed by atoms with Gasteiger partial charge in [-0.2, -0.15) is 0 Å². The van der Waals surface area contributed by atoms with Gasteiger partial charge in [0.25, 0.3) is 0 Å². The second-order valence-electron chi connectivity index (χ2n) is 12.7. The number of hydrogen-bond acceptors (Lipinski definition) is 9. The molecule has 0 saturated carbocycles. The number of aliphatic carboxylic acids is 1. The highest BCUT2D eigenvalue weighted by Crippen LogP contribution is 2.43. The molecule has 282 valence electrons. The molecule has 0 aliphatic heterocycles. The minimum Gasteiger partial charge on any atom is -0.480 e. The Morgan fingerprint density at radius 1 is 0.625 bits per heavy atom. The minimum atomic E-state index is -4.70. The lowest BCUT2D eigenvalue weighted by molar-refractivity contribution is -0.161. The fourth-order valence-corrected chi connectivity index (χ4v) is 5.78. The summed E-state index contributed by atoms with van der Waals surface area (Å²) in [6.07, 6.45) is 28.6. The standard InChI is InChI=1S/C36H68NO10P/c1-3-5-7-9-11-13-15-16-18-20-22-24-26-28-35(39)47-32(30-45-48(42,43)46-31-33(37)36(40)41)29-44-34(38)27-25-23-21-19-17-14-12-10-8-6-4-2/h16,18,32-33H,3-15,17,19-31,37H2,1-2H3,(H,40,41)(H,42,43)/b18-16+/t32-,33+/m1/s1. The van der Waals surface area contributed by atoms with Gasteiger partial charge in [-0.25, -0.2) is 4.57 Å². The van der Waals surface area contributed by atoms with Gasteiger partial charge in [0, 0.05) is 12.8 Å². The molecular formula is C36H68NO10P. The van der Waals surface area contributed by atoms with Crippen LogP contribution >= 0.6 is 7.82 Å². The van der Waals surface area contributed by atoms with E-state index in [1.165, 1.54) is 83.5 Å². The monoisotopic (exact) mass is 705 g/mol. The molecule has 12 heteroatoms. The highest BCUT2D eigenvalue weighted by atomic mass is 31.2. The van der Waals surface area contributed by atoms with Gasteiger partial charge in [0.05, 0.1) is 13.2 Å². The Kier molecular flexibility index (Phi) is 31.2. The molecule has 0 bridgehead atoms. The van der Waals surface area contributed by atoms with Crippen LogP contribution in [0, 0.1) is 0 Å². The third-order valence-electron chi connectivity index (χ3n) is 8.01. The van der Waals surface area contributed by atoms with Gasteiger partial charge >= 0.3 is 25.7 Å². The molecule has 0 aromatic carbocycles. The van der Waals surface area contributed by atoms with Crippen LogP contribution in [0.1, 0.15) is 168 Å². The van der Waals surface area contributed by atoms with E-state index in [4.69, 9.17) is 24.8 Å². The SMILES string of the molecule is CCCCCCCC/C=C/CCCCCC(=O)O[C@H](COC(=O)CCCCCCCCCCCCC)COP(=O)(O)OC[C@H](N)C(=O)O. The molecule has 3 atom stereocenters. The van der Waals surface area contributed by atoms with Crippen LogP contribution in [0.5, 0.6) is 0 Å². The van der Waals surface area contributed by atoms with Crippen molar-refractivity contribution in [3.63, 3.8) is 0 Å². The predicted molar refractivity (Wildman–Crippen MR) is 189 cm³/mol. The normalized spacial score (nSPS) is 14.1. The van der Waals surface area contributed by atoms with Gasteiger partial charge in [-0.15, -0.1) is 0 Å². The number of unbranched alkanes of at least 4 members (excludes halogenated alkanes) is 19. The highest BCUT2D eigenvalue weighted by Gasteiger charge is 2.28. The topological polar surface area (TPSA) is 172 Å². The lowest BCUT2D eigenvalue weighted by atomic mass is 10.1. The molecule has 0 amide bonds. The molecule has 11 nitrogen and oxygen atoms in total. The van der Waals surface area contributed by atoms with Crippen LogP contribution < -0.4 is 5.73 Å². The maximum Gasteiger partial charge on any atom is 0.472 e. The predicted octanol–water partition coefficient (Wildman–Crippen LogP) is 8.95. The fourth-order valence-electron chi connectivity index (χ4n) is 5.00. The van der Waals surface area contributed by atoms with Crippen molar-refractivity contribution in [2.45, 2.75) is 180 Å². The van der Waals surface area contributed by atoms with Crippen molar-refractivity contribution >= 4 is 25.7 Å². The summed E-state index contributed by atoms with van der Waals surface area (Å²) in [6, 6.07) is -1.52. The number of carbonyl (C=O) groups excluding carboxylic acids is 2. The van der Waals surface area contributed by atoms with E-state index in [1.54, 1.807) is 0 Å². The summed E-state index contributed by atoms with van der Waals surface area (Å²) in [6.45, 7) is 2.75. The third-order valence-corrected chi connectivity index (χ3v) is 8.96. The maximum absolute atomic E-state index is 12.5. The molecule has 0 rings (SSSR count). The first-order valence-electron chi connectivity index (χ1n) is 18.7. The van der Waals surface area contributed by atoms with E-state index in [-0.39, 0.29) is 19.4 Å². The van der Waals surface area contributed by atoms with Gasteiger partial charge in [0.15, 0.2) is 6.10 Å². The number of carboxylic acids is 1.